The van der Waals surface area contributed by atoms with E-state index in [9.17, 15) is 9.59 Å². The second kappa shape index (κ2) is 8.82. The van der Waals surface area contributed by atoms with Crippen molar-refractivity contribution in [1.82, 2.24) is 10.6 Å². The van der Waals surface area contributed by atoms with Gasteiger partial charge in [0.1, 0.15) is 6.54 Å². The van der Waals surface area contributed by atoms with E-state index in [0.29, 0.717) is 13.1 Å². The number of halogens is 1. The van der Waals surface area contributed by atoms with Gasteiger partial charge in [-0.3, -0.25) is 10.1 Å². The maximum absolute atomic E-state index is 12.7. The molecule has 5 nitrogen and oxygen atoms in total. The van der Waals surface area contributed by atoms with Crippen molar-refractivity contribution in [3.63, 3.8) is 0 Å². The molecule has 1 aromatic carbocycles. The zero-order chi connectivity index (χ0) is 17.5. The van der Waals surface area contributed by atoms with Crippen LogP contribution in [0.15, 0.2) is 42.5 Å². The van der Waals surface area contributed by atoms with Gasteiger partial charge in [-0.15, -0.1) is 11.3 Å². The third-order valence-corrected chi connectivity index (χ3v) is 4.78. The fourth-order valence-corrected chi connectivity index (χ4v) is 3.70. The van der Waals surface area contributed by atoms with Crippen molar-refractivity contribution in [2.24, 2.45) is 0 Å². The molecule has 3 N–H and O–H groups in total. The van der Waals surface area contributed by atoms with Gasteiger partial charge in [0, 0.05) is 12.1 Å². The molecule has 0 saturated heterocycles. The molecule has 1 unspecified atom stereocenters. The van der Waals surface area contributed by atoms with Gasteiger partial charge in [-0.05, 0) is 19.1 Å². The number of carbonyl (C=O) groups is 2. The zero-order valence-corrected chi connectivity index (χ0v) is 15.2. The highest BCUT2D eigenvalue weighted by Gasteiger charge is 2.30. The van der Waals surface area contributed by atoms with Crippen LogP contribution in [-0.4, -0.2) is 25.5 Å². The molecule has 0 spiro atoms. The van der Waals surface area contributed by atoms with E-state index in [1.165, 1.54) is 11.3 Å². The number of quaternary nitrogens is 1. The molecule has 0 aliphatic heterocycles. The lowest BCUT2D eigenvalue weighted by Crippen LogP contribution is -3.09. The first-order valence-corrected chi connectivity index (χ1v) is 8.91. The van der Waals surface area contributed by atoms with Crippen LogP contribution < -0.4 is 15.5 Å². The number of hydrogen-bond donors (Lipinski definition) is 3. The van der Waals surface area contributed by atoms with E-state index in [-0.39, 0.29) is 5.91 Å². The molecule has 128 valence electrons. The maximum Gasteiger partial charge on any atom is 0.321 e. The van der Waals surface area contributed by atoms with Crippen molar-refractivity contribution in [3.8, 4) is 0 Å². The molecule has 0 bridgehead atoms. The van der Waals surface area contributed by atoms with Crippen LogP contribution in [0.1, 0.15) is 23.4 Å². The average Bonchev–Trinajstić information content (AvgIpc) is 2.93. The minimum Gasteiger partial charge on any atom is -0.338 e. The Kier molecular flexibility index (Phi) is 6.78. The highest BCUT2D eigenvalue weighted by atomic mass is 35.5. The van der Waals surface area contributed by atoms with Crippen LogP contribution in [0.25, 0.3) is 0 Å². The number of carbonyl (C=O) groups excluding carboxylic acids is 2. The van der Waals surface area contributed by atoms with Crippen molar-refractivity contribution in [1.29, 1.82) is 0 Å². The van der Waals surface area contributed by atoms with Gasteiger partial charge in [0.2, 0.25) is 0 Å². The number of amides is 3. The molecule has 0 radical (unpaired) electrons. The number of rotatable bonds is 6. The Morgan fingerprint density at radius 2 is 1.92 bits per heavy atom. The average molecular weight is 367 g/mol. The molecule has 0 saturated carbocycles. The lowest BCUT2D eigenvalue weighted by atomic mass is 10.0. The normalized spacial score (nSPS) is 13.1. The summed E-state index contributed by atoms with van der Waals surface area (Å²) in [4.78, 5) is 26.4. The van der Waals surface area contributed by atoms with E-state index in [4.69, 9.17) is 11.6 Å². The van der Waals surface area contributed by atoms with Crippen LogP contribution in [0.2, 0.25) is 4.34 Å². The Morgan fingerprint density at radius 3 is 2.50 bits per heavy atom. The summed E-state index contributed by atoms with van der Waals surface area (Å²) in [6.07, 6.45) is 0. The largest absolute Gasteiger partial charge is 0.338 e. The lowest BCUT2D eigenvalue weighted by Gasteiger charge is -2.24. The maximum atomic E-state index is 12.7. The van der Waals surface area contributed by atoms with Crippen LogP contribution in [-0.2, 0) is 11.3 Å². The van der Waals surface area contributed by atoms with Crippen LogP contribution in [0.5, 0.6) is 0 Å². The molecular formula is C17H21ClN3O2S+. The molecule has 0 aliphatic rings. The minimum atomic E-state index is -0.491. The molecule has 24 heavy (non-hydrogen) atoms. The molecule has 2 aromatic rings. The third-order valence-electron chi connectivity index (χ3n) is 3.54. The summed E-state index contributed by atoms with van der Waals surface area (Å²) < 4.78 is 0.723. The summed E-state index contributed by atoms with van der Waals surface area (Å²) in [5.41, 5.74) is 0.861. The van der Waals surface area contributed by atoms with E-state index >= 15 is 0 Å². The van der Waals surface area contributed by atoms with E-state index < -0.39 is 12.1 Å². The smallest absolute Gasteiger partial charge is 0.321 e. The Hall–Kier alpha value is -1.89. The fourth-order valence-electron chi connectivity index (χ4n) is 2.52. The quantitative estimate of drug-likeness (QED) is 0.732. The molecule has 3 amide bonds. The summed E-state index contributed by atoms with van der Waals surface area (Å²) >= 11 is 7.48. The Labute approximate surface area is 150 Å². The van der Waals surface area contributed by atoms with Gasteiger partial charge in [-0.2, -0.15) is 0 Å². The van der Waals surface area contributed by atoms with Crippen LogP contribution in [0.4, 0.5) is 4.79 Å². The Morgan fingerprint density at radius 1 is 1.21 bits per heavy atom. The van der Waals surface area contributed by atoms with Gasteiger partial charge in [0.15, 0.2) is 6.04 Å². The Bertz CT molecular complexity index is 690. The van der Waals surface area contributed by atoms with Crippen molar-refractivity contribution in [2.75, 3.05) is 13.6 Å². The van der Waals surface area contributed by atoms with Gasteiger partial charge in [0.25, 0.3) is 5.91 Å². The molecule has 0 fully saturated rings. The third kappa shape index (κ3) is 5.06. The van der Waals surface area contributed by atoms with Gasteiger partial charge in [-0.25, -0.2) is 4.79 Å². The van der Waals surface area contributed by atoms with Gasteiger partial charge in [-0.1, -0.05) is 41.9 Å². The van der Waals surface area contributed by atoms with E-state index in [1.807, 2.05) is 49.5 Å². The van der Waals surface area contributed by atoms with Crippen molar-refractivity contribution in [2.45, 2.75) is 19.5 Å². The number of urea groups is 1. The van der Waals surface area contributed by atoms with E-state index in [2.05, 4.69) is 10.6 Å². The van der Waals surface area contributed by atoms with Crippen LogP contribution in [0, 0.1) is 0 Å². The summed E-state index contributed by atoms with van der Waals surface area (Å²) in [7, 11) is 1.93. The van der Waals surface area contributed by atoms with Gasteiger partial charge >= 0.3 is 6.03 Å². The van der Waals surface area contributed by atoms with E-state index in [1.54, 1.807) is 6.92 Å². The highest BCUT2D eigenvalue weighted by Crippen LogP contribution is 2.21. The fraction of sp³-hybridized carbons (Fsp3) is 0.294. The summed E-state index contributed by atoms with van der Waals surface area (Å²) in [6.45, 7) is 2.90. The second-order valence-corrected chi connectivity index (χ2v) is 7.22. The lowest BCUT2D eigenvalue weighted by molar-refractivity contribution is -0.915. The first-order chi connectivity index (χ1) is 11.5. The van der Waals surface area contributed by atoms with Gasteiger partial charge < -0.3 is 10.2 Å². The molecule has 7 heteroatoms. The summed E-state index contributed by atoms with van der Waals surface area (Å²) in [5.74, 6) is -0.327. The molecule has 0 aliphatic carbocycles. The van der Waals surface area contributed by atoms with Crippen molar-refractivity contribution in [3.05, 3.63) is 57.2 Å². The predicted molar refractivity (Wildman–Crippen MR) is 96.3 cm³/mol. The zero-order valence-electron chi connectivity index (χ0n) is 13.6. The van der Waals surface area contributed by atoms with Crippen molar-refractivity contribution < 1.29 is 14.5 Å². The summed E-state index contributed by atoms with van der Waals surface area (Å²) in [6, 6.07) is 12.3. The number of benzene rings is 1. The Balaban J connectivity index is 2.19. The number of likely N-dealkylation sites (N-methyl/N-ethyl adjacent to an activating group) is 1. The van der Waals surface area contributed by atoms with Crippen LogP contribution in [0.3, 0.4) is 0 Å². The molecule has 2 atom stereocenters. The number of hydrogen-bond acceptors (Lipinski definition) is 3. The topological polar surface area (TPSA) is 62.6 Å². The molecule has 1 heterocycles. The molecular weight excluding hydrogens is 346 g/mol. The van der Waals surface area contributed by atoms with Crippen LogP contribution >= 0.6 is 22.9 Å². The van der Waals surface area contributed by atoms with Gasteiger partial charge in [0.05, 0.1) is 16.3 Å². The SMILES string of the molecule is CCNC(=O)NC(=O)[C@H](c1ccccc1)[NH+](C)Cc1ccc(Cl)s1. The molecule has 2 rings (SSSR count). The summed E-state index contributed by atoms with van der Waals surface area (Å²) in [5, 5.41) is 5.00. The highest BCUT2D eigenvalue weighted by molar-refractivity contribution is 7.16. The number of nitrogens with one attached hydrogen (secondary N) is 3. The number of imide groups is 1. The van der Waals surface area contributed by atoms with E-state index in [0.717, 1.165) is 19.7 Å². The monoisotopic (exact) mass is 366 g/mol. The first kappa shape index (κ1) is 18.4. The number of thiophene rings is 1. The first-order valence-electron chi connectivity index (χ1n) is 7.71. The minimum absolute atomic E-state index is 0.327. The second-order valence-electron chi connectivity index (χ2n) is 5.42. The molecule has 1 aromatic heterocycles. The predicted octanol–water partition coefficient (Wildman–Crippen LogP) is 2.00. The van der Waals surface area contributed by atoms with Crippen molar-refractivity contribution >= 4 is 34.9 Å². The standard InChI is InChI=1S/C17H20ClN3O2S/c1-3-19-17(23)20-16(22)15(12-7-5-4-6-8-12)21(2)11-13-9-10-14(18)24-13/h4-10,15H,3,11H2,1-2H3,(H2,19,20,22,23)/p+1/t15-/m0/s1.